The van der Waals surface area contributed by atoms with E-state index in [1.54, 1.807) is 11.9 Å². The van der Waals surface area contributed by atoms with E-state index in [9.17, 15) is 4.79 Å². The first-order valence-corrected chi connectivity index (χ1v) is 8.19. The van der Waals surface area contributed by atoms with Crippen molar-refractivity contribution in [3.8, 4) is 0 Å². The normalized spacial score (nSPS) is 25.3. The van der Waals surface area contributed by atoms with Gasteiger partial charge in [-0.3, -0.25) is 10.6 Å². The summed E-state index contributed by atoms with van der Waals surface area (Å²) in [6.07, 6.45) is 3.58. The van der Waals surface area contributed by atoms with E-state index in [0.717, 1.165) is 12.8 Å². The lowest BCUT2D eigenvalue weighted by molar-refractivity contribution is -0.129. The molecule has 7 heteroatoms. The summed E-state index contributed by atoms with van der Waals surface area (Å²) in [5, 5.41) is 0. The number of carbonyl (C=O) groups excluding carboxylic acids is 1. The summed E-state index contributed by atoms with van der Waals surface area (Å²) in [4.78, 5) is 15.4. The lowest BCUT2D eigenvalue weighted by atomic mass is 10.2. The molecule has 3 rings (SSSR count). The van der Waals surface area contributed by atoms with Crippen molar-refractivity contribution in [2.75, 3.05) is 13.1 Å². The van der Waals surface area contributed by atoms with Gasteiger partial charge in [-0.1, -0.05) is 18.2 Å². The topological polar surface area (TPSA) is 87.6 Å². The highest BCUT2D eigenvalue weighted by Gasteiger charge is 2.42. The molecule has 2 heterocycles. The molecule has 2 atom stereocenters. The molecule has 0 aromatic heterocycles. The lowest BCUT2D eigenvalue weighted by Gasteiger charge is -2.40. The zero-order chi connectivity index (χ0) is 15.5. The second-order valence-electron chi connectivity index (χ2n) is 5.63. The highest BCUT2D eigenvalue weighted by Crippen LogP contribution is 2.38. The fourth-order valence-corrected chi connectivity index (χ4v) is 4.28. The van der Waals surface area contributed by atoms with Crippen molar-refractivity contribution in [3.63, 3.8) is 0 Å². The van der Waals surface area contributed by atoms with Gasteiger partial charge in [0.1, 0.15) is 5.70 Å². The molecule has 2 bridgehead atoms. The highest BCUT2D eigenvalue weighted by atomic mass is 32.2. The maximum absolute atomic E-state index is 12.3. The van der Waals surface area contributed by atoms with Gasteiger partial charge in [-0.05, 0) is 36.9 Å². The standard InChI is InChI=1S/C15H21N5OS/c16-14(8-18-17)15(21)19-9-11-6-7-12(10-19)20(11)22-13-4-2-1-3-5-13/h1-5,8,11-12,18H,6-7,9-10,16-17H2/b14-8-. The average Bonchev–Trinajstić information content (AvgIpc) is 2.77. The Bertz CT molecular complexity index is 550. The van der Waals surface area contributed by atoms with Crippen LogP contribution in [0.1, 0.15) is 12.8 Å². The monoisotopic (exact) mass is 319 g/mol. The van der Waals surface area contributed by atoms with Gasteiger partial charge in [-0.25, -0.2) is 4.31 Å². The summed E-state index contributed by atoms with van der Waals surface area (Å²) >= 11 is 1.79. The SMILES string of the molecule is NN/C=C(\N)C(=O)N1CC2CCC(C1)N2Sc1ccccc1. The number of nitrogens with one attached hydrogen (secondary N) is 1. The van der Waals surface area contributed by atoms with Gasteiger partial charge >= 0.3 is 0 Å². The maximum atomic E-state index is 12.3. The first-order valence-electron chi connectivity index (χ1n) is 7.41. The van der Waals surface area contributed by atoms with Crippen LogP contribution in [0.15, 0.2) is 47.1 Å². The molecule has 2 unspecified atom stereocenters. The Labute approximate surface area is 134 Å². The van der Waals surface area contributed by atoms with Crippen molar-refractivity contribution in [2.45, 2.75) is 29.8 Å². The molecule has 0 saturated carbocycles. The minimum absolute atomic E-state index is 0.140. The van der Waals surface area contributed by atoms with Gasteiger partial charge in [-0.15, -0.1) is 0 Å². The zero-order valence-corrected chi connectivity index (χ0v) is 13.1. The average molecular weight is 319 g/mol. The lowest BCUT2D eigenvalue weighted by Crippen LogP contribution is -2.53. The predicted molar refractivity (Wildman–Crippen MR) is 87.1 cm³/mol. The molecule has 2 saturated heterocycles. The van der Waals surface area contributed by atoms with Crippen molar-refractivity contribution in [3.05, 3.63) is 42.2 Å². The van der Waals surface area contributed by atoms with Crippen LogP contribution in [-0.2, 0) is 4.79 Å². The van der Waals surface area contributed by atoms with Crippen LogP contribution in [0.2, 0.25) is 0 Å². The molecule has 2 fully saturated rings. The Morgan fingerprint density at radius 2 is 1.86 bits per heavy atom. The fraction of sp³-hybridized carbons (Fsp3) is 0.400. The van der Waals surface area contributed by atoms with Crippen molar-refractivity contribution < 1.29 is 4.79 Å². The molecule has 1 aromatic carbocycles. The molecule has 0 radical (unpaired) electrons. The van der Waals surface area contributed by atoms with Crippen molar-refractivity contribution in [2.24, 2.45) is 11.6 Å². The number of benzene rings is 1. The summed E-state index contributed by atoms with van der Waals surface area (Å²) in [6, 6.07) is 11.1. The van der Waals surface area contributed by atoms with Gasteiger partial charge in [0.05, 0.1) is 0 Å². The van der Waals surface area contributed by atoms with Gasteiger partial charge in [0.2, 0.25) is 0 Å². The third kappa shape index (κ3) is 3.06. The molecule has 0 aliphatic carbocycles. The quantitative estimate of drug-likeness (QED) is 0.327. The largest absolute Gasteiger partial charge is 0.393 e. The predicted octanol–water partition coefficient (Wildman–Crippen LogP) is 0.632. The molecular formula is C15H21N5OS. The summed E-state index contributed by atoms with van der Waals surface area (Å²) < 4.78 is 2.44. The molecule has 0 spiro atoms. The number of nitrogens with zero attached hydrogens (tertiary/aromatic N) is 2. The second-order valence-corrected chi connectivity index (χ2v) is 6.70. The van der Waals surface area contributed by atoms with Gasteiger partial charge in [0.25, 0.3) is 5.91 Å². The van der Waals surface area contributed by atoms with Crippen LogP contribution >= 0.6 is 11.9 Å². The van der Waals surface area contributed by atoms with Crippen molar-refractivity contribution in [1.29, 1.82) is 0 Å². The maximum Gasteiger partial charge on any atom is 0.271 e. The molecule has 1 aromatic rings. The third-order valence-electron chi connectivity index (χ3n) is 4.14. The van der Waals surface area contributed by atoms with E-state index in [1.165, 1.54) is 11.1 Å². The van der Waals surface area contributed by atoms with Crippen molar-refractivity contribution in [1.82, 2.24) is 14.6 Å². The van der Waals surface area contributed by atoms with Crippen molar-refractivity contribution >= 4 is 17.9 Å². The molecule has 6 nitrogen and oxygen atoms in total. The van der Waals surface area contributed by atoms with E-state index in [1.807, 2.05) is 11.0 Å². The third-order valence-corrected chi connectivity index (χ3v) is 5.43. The van der Waals surface area contributed by atoms with E-state index in [2.05, 4.69) is 34.0 Å². The van der Waals surface area contributed by atoms with Gasteiger partial charge in [-0.2, -0.15) is 0 Å². The number of rotatable bonds is 4. The van der Waals surface area contributed by atoms with Crippen LogP contribution in [0.25, 0.3) is 0 Å². The van der Waals surface area contributed by atoms with E-state index < -0.39 is 0 Å². The molecule has 22 heavy (non-hydrogen) atoms. The van der Waals surface area contributed by atoms with Gasteiger partial charge < -0.3 is 16.1 Å². The fourth-order valence-electron chi connectivity index (χ4n) is 3.12. The Morgan fingerprint density at radius 1 is 1.23 bits per heavy atom. The van der Waals surface area contributed by atoms with Crippen LogP contribution in [0.3, 0.4) is 0 Å². The van der Waals surface area contributed by atoms with E-state index in [4.69, 9.17) is 11.6 Å². The number of fused-ring (bicyclic) bond motifs is 2. The number of carbonyl (C=O) groups is 1. The number of amides is 1. The summed E-state index contributed by atoms with van der Waals surface area (Å²) in [6.45, 7) is 1.43. The molecular weight excluding hydrogens is 298 g/mol. The van der Waals surface area contributed by atoms with Gasteiger partial charge in [0.15, 0.2) is 0 Å². The minimum atomic E-state index is -0.140. The molecule has 5 N–H and O–H groups in total. The summed E-state index contributed by atoms with van der Waals surface area (Å²) in [5.41, 5.74) is 8.21. The number of hydrazine groups is 1. The summed E-state index contributed by atoms with van der Waals surface area (Å²) in [7, 11) is 0. The Balaban J connectivity index is 1.67. The molecule has 2 aliphatic heterocycles. The first-order chi connectivity index (χ1) is 10.7. The number of likely N-dealkylation sites (tertiary alicyclic amines) is 1. The number of hydrogen-bond acceptors (Lipinski definition) is 6. The van der Waals surface area contributed by atoms with Crippen LogP contribution in [0.4, 0.5) is 0 Å². The second kappa shape index (κ2) is 6.60. The molecule has 2 aliphatic rings. The van der Waals surface area contributed by atoms with E-state index in [0.29, 0.717) is 25.2 Å². The highest BCUT2D eigenvalue weighted by molar-refractivity contribution is 7.97. The minimum Gasteiger partial charge on any atom is -0.393 e. The van der Waals surface area contributed by atoms with Gasteiger partial charge in [0, 0.05) is 36.3 Å². The van der Waals surface area contributed by atoms with Crippen LogP contribution in [0, 0.1) is 0 Å². The van der Waals surface area contributed by atoms with E-state index in [-0.39, 0.29) is 11.6 Å². The van der Waals surface area contributed by atoms with Crippen LogP contribution in [-0.4, -0.2) is 40.3 Å². The molecule has 118 valence electrons. The Hall–Kier alpha value is -1.70. The zero-order valence-electron chi connectivity index (χ0n) is 12.3. The van der Waals surface area contributed by atoms with Crippen LogP contribution < -0.4 is 17.0 Å². The van der Waals surface area contributed by atoms with Crippen LogP contribution in [0.5, 0.6) is 0 Å². The Kier molecular flexibility index (Phi) is 4.56. The smallest absolute Gasteiger partial charge is 0.271 e. The first kappa shape index (κ1) is 15.2. The number of piperazine rings is 1. The number of nitrogens with two attached hydrogens (primary N) is 2. The molecule has 1 amide bonds. The number of hydrogen-bond donors (Lipinski definition) is 3. The Morgan fingerprint density at radius 3 is 2.45 bits per heavy atom. The van der Waals surface area contributed by atoms with E-state index >= 15 is 0 Å². The summed E-state index contributed by atoms with van der Waals surface area (Å²) in [5.74, 6) is 5.04.